The fourth-order valence-corrected chi connectivity index (χ4v) is 7.10. The van der Waals surface area contributed by atoms with Crippen LogP contribution in [0.4, 0.5) is 0 Å². The number of carbonyl (C=O) groups is 4. The maximum atomic E-state index is 13.0. The highest BCUT2D eigenvalue weighted by atomic mass is 79.9. The Balaban J connectivity index is 1.43. The number of ether oxygens (including phenoxy) is 1. The van der Waals surface area contributed by atoms with Crippen molar-refractivity contribution >= 4 is 55.4 Å². The van der Waals surface area contributed by atoms with Gasteiger partial charge >= 0.3 is 5.97 Å². The van der Waals surface area contributed by atoms with E-state index < -0.39 is 18.6 Å². The van der Waals surface area contributed by atoms with Gasteiger partial charge in [0.05, 0.1) is 11.8 Å². The minimum atomic E-state index is -1.05. The number of carbonyl (C=O) groups excluding carboxylic acids is 4. The zero-order valence-corrected chi connectivity index (χ0v) is 20.1. The highest BCUT2D eigenvalue weighted by Gasteiger charge is 2.67. The summed E-state index contributed by atoms with van der Waals surface area (Å²) in [6, 6.07) is 4.45. The first kappa shape index (κ1) is 21.7. The Kier molecular flexibility index (Phi) is 5.68. The van der Waals surface area contributed by atoms with Gasteiger partial charge in [0.15, 0.2) is 6.61 Å². The number of hydrogen-bond acceptors (Lipinski definition) is 5. The van der Waals surface area contributed by atoms with Crippen LogP contribution in [0, 0.1) is 37.5 Å². The van der Waals surface area contributed by atoms with Gasteiger partial charge in [-0.1, -0.05) is 49.6 Å². The summed E-state index contributed by atoms with van der Waals surface area (Å²) in [7, 11) is 0. The molecule has 1 aromatic rings. The third kappa shape index (κ3) is 3.27. The van der Waals surface area contributed by atoms with Gasteiger partial charge in [-0.15, -0.1) is 0 Å². The Morgan fingerprint density at radius 3 is 2.23 bits per heavy atom. The third-order valence-electron chi connectivity index (χ3n) is 6.79. The van der Waals surface area contributed by atoms with Crippen molar-refractivity contribution in [2.75, 3.05) is 6.61 Å². The molecule has 2 saturated carbocycles. The molecule has 1 aliphatic heterocycles. The minimum absolute atomic E-state index is 0.0833. The molecule has 7 atom stereocenters. The van der Waals surface area contributed by atoms with E-state index in [-0.39, 0.29) is 50.9 Å². The normalized spacial score (nSPS) is 33.0. The first-order valence-corrected chi connectivity index (χ1v) is 11.9. The molecule has 0 radical (unpaired) electrons. The molecule has 0 spiro atoms. The molecule has 4 rings (SSSR count). The van der Waals surface area contributed by atoms with Crippen molar-refractivity contribution in [1.82, 2.24) is 4.90 Å². The van der Waals surface area contributed by atoms with Crippen LogP contribution >= 0.6 is 31.9 Å². The van der Waals surface area contributed by atoms with Gasteiger partial charge in [0.1, 0.15) is 6.04 Å². The molecular formula is C22H23Br2NO5. The lowest BCUT2D eigenvalue weighted by Gasteiger charge is -2.28. The van der Waals surface area contributed by atoms with Crippen molar-refractivity contribution in [2.45, 2.75) is 42.9 Å². The Morgan fingerprint density at radius 1 is 1.10 bits per heavy atom. The van der Waals surface area contributed by atoms with Crippen LogP contribution in [0.1, 0.15) is 34.8 Å². The van der Waals surface area contributed by atoms with Crippen molar-refractivity contribution in [3.63, 3.8) is 0 Å². The van der Waals surface area contributed by atoms with Gasteiger partial charge in [-0.25, -0.2) is 4.79 Å². The average Bonchev–Trinajstić information content (AvgIpc) is 3.32. The zero-order chi connectivity index (χ0) is 21.9. The molecule has 30 heavy (non-hydrogen) atoms. The third-order valence-corrected chi connectivity index (χ3v) is 10.00. The van der Waals surface area contributed by atoms with Crippen molar-refractivity contribution < 1.29 is 23.9 Å². The Bertz CT molecular complexity index is 915. The largest absolute Gasteiger partial charge is 0.456 e. The van der Waals surface area contributed by atoms with Crippen molar-refractivity contribution in [3.05, 3.63) is 34.9 Å². The number of halogens is 2. The second kappa shape index (κ2) is 7.86. The molecule has 2 bridgehead atoms. The first-order chi connectivity index (χ1) is 14.1. The van der Waals surface area contributed by atoms with Crippen LogP contribution in [0.5, 0.6) is 0 Å². The summed E-state index contributed by atoms with van der Waals surface area (Å²) in [6.45, 7) is 4.77. The summed E-state index contributed by atoms with van der Waals surface area (Å²) >= 11 is 7.29. The molecule has 6 nitrogen and oxygen atoms in total. The highest BCUT2D eigenvalue weighted by Crippen LogP contribution is 2.60. The van der Waals surface area contributed by atoms with Crippen LogP contribution < -0.4 is 0 Å². The smallest absolute Gasteiger partial charge is 0.329 e. The topological polar surface area (TPSA) is 80.8 Å². The number of aryl methyl sites for hydroxylation is 2. The van der Waals surface area contributed by atoms with Gasteiger partial charge in [-0.05, 0) is 50.7 Å². The van der Waals surface area contributed by atoms with E-state index in [1.807, 2.05) is 26.0 Å². The van der Waals surface area contributed by atoms with Crippen molar-refractivity contribution in [1.29, 1.82) is 0 Å². The number of amides is 2. The second-order valence-electron chi connectivity index (χ2n) is 8.58. The second-order valence-corrected chi connectivity index (χ2v) is 10.7. The average molecular weight is 541 g/mol. The Morgan fingerprint density at radius 2 is 1.67 bits per heavy atom. The van der Waals surface area contributed by atoms with Gasteiger partial charge in [0.25, 0.3) is 0 Å². The van der Waals surface area contributed by atoms with Crippen molar-refractivity contribution in [2.24, 2.45) is 23.7 Å². The molecule has 160 valence electrons. The molecule has 2 aliphatic carbocycles. The molecule has 2 amide bonds. The van der Waals surface area contributed by atoms with E-state index in [0.29, 0.717) is 5.56 Å². The van der Waals surface area contributed by atoms with E-state index in [1.165, 1.54) is 6.92 Å². The Hall–Kier alpha value is -1.54. The van der Waals surface area contributed by atoms with Crippen LogP contribution in [0.2, 0.25) is 0 Å². The summed E-state index contributed by atoms with van der Waals surface area (Å²) in [4.78, 5) is 52.5. The molecule has 3 aliphatic rings. The molecule has 1 aromatic carbocycles. The maximum Gasteiger partial charge on any atom is 0.329 e. The number of hydrogen-bond donors (Lipinski definition) is 0. The summed E-state index contributed by atoms with van der Waals surface area (Å²) in [5.74, 6) is -2.25. The Labute approximate surface area is 192 Å². The van der Waals surface area contributed by atoms with E-state index in [1.54, 1.807) is 6.07 Å². The predicted molar refractivity (Wildman–Crippen MR) is 117 cm³/mol. The van der Waals surface area contributed by atoms with Crippen LogP contribution in [0.3, 0.4) is 0 Å². The molecule has 1 saturated heterocycles. The molecule has 0 N–H and O–H groups in total. The minimum Gasteiger partial charge on any atom is -0.456 e. The van der Waals surface area contributed by atoms with E-state index in [0.717, 1.165) is 22.4 Å². The molecule has 8 heteroatoms. The van der Waals surface area contributed by atoms with Gasteiger partial charge in [0, 0.05) is 15.2 Å². The maximum absolute atomic E-state index is 13.0. The SMILES string of the molecule is Cc1ccc(C)c(C(=O)COC(=O)[C@@H](C)N2C(=O)[C@H]3[C@@H]4C[C@H]([C@@H](Br)[C@H]4Br)[C@@H]3C2=O)c1. The van der Waals surface area contributed by atoms with Gasteiger partial charge in [-0.3, -0.25) is 19.3 Å². The van der Waals surface area contributed by atoms with Crippen molar-refractivity contribution in [3.8, 4) is 0 Å². The van der Waals surface area contributed by atoms with E-state index in [2.05, 4.69) is 31.9 Å². The number of esters is 1. The monoisotopic (exact) mass is 539 g/mol. The highest BCUT2D eigenvalue weighted by molar-refractivity contribution is 9.12. The van der Waals surface area contributed by atoms with E-state index >= 15 is 0 Å². The van der Waals surface area contributed by atoms with Gasteiger partial charge in [-0.2, -0.15) is 0 Å². The number of likely N-dealkylation sites (tertiary alicyclic amines) is 1. The number of fused-ring (bicyclic) bond motifs is 5. The van der Waals surface area contributed by atoms with E-state index in [4.69, 9.17) is 4.74 Å². The molecule has 0 aromatic heterocycles. The number of benzene rings is 1. The fraction of sp³-hybridized carbons (Fsp3) is 0.545. The number of nitrogens with zero attached hydrogens (tertiary/aromatic N) is 1. The first-order valence-electron chi connectivity index (χ1n) is 10.1. The van der Waals surface area contributed by atoms with Gasteiger partial charge in [0.2, 0.25) is 17.6 Å². The quantitative estimate of drug-likeness (QED) is 0.248. The summed E-state index contributed by atoms with van der Waals surface area (Å²) in [5, 5.41) is 0. The number of alkyl halides is 2. The lowest BCUT2D eigenvalue weighted by molar-refractivity contribution is -0.157. The van der Waals surface area contributed by atoms with Crippen LogP contribution in [0.15, 0.2) is 18.2 Å². The summed E-state index contributed by atoms with van der Waals surface area (Å²) < 4.78 is 5.20. The number of imide groups is 1. The molecule has 1 heterocycles. The van der Waals surface area contributed by atoms with E-state index in [9.17, 15) is 19.2 Å². The predicted octanol–water partition coefficient (Wildman–Crippen LogP) is 3.20. The lowest BCUT2D eigenvalue weighted by atomic mass is 9.81. The molecule has 3 fully saturated rings. The van der Waals surface area contributed by atoms with Crippen LogP contribution in [-0.2, 0) is 19.1 Å². The van der Waals surface area contributed by atoms with Gasteiger partial charge < -0.3 is 4.74 Å². The van der Waals surface area contributed by atoms with Crippen LogP contribution in [-0.4, -0.2) is 50.8 Å². The fourth-order valence-electron chi connectivity index (χ4n) is 5.23. The number of rotatable bonds is 5. The number of Topliss-reactive ketones (excluding diaryl/α,β-unsaturated/α-hetero) is 1. The standard InChI is InChI=1S/C22H23Br2NO5/c1-9-4-5-10(2)12(6-9)15(26)8-30-22(29)11(3)25-20(27)16-13-7-14(17(16)21(25)28)19(24)18(13)23/h4-6,11,13-14,16-19H,7-8H2,1-3H3/t11-,13+,14+,16+,17+,18-,19+/m1/s1. The molecular weight excluding hydrogens is 518 g/mol. The lowest BCUT2D eigenvalue weighted by Crippen LogP contribution is -2.45. The van der Waals surface area contributed by atoms with Crippen LogP contribution in [0.25, 0.3) is 0 Å². The number of ketones is 1. The summed E-state index contributed by atoms with van der Waals surface area (Å²) in [6.07, 6.45) is 0.829. The summed E-state index contributed by atoms with van der Waals surface area (Å²) in [5.41, 5.74) is 2.24. The zero-order valence-electron chi connectivity index (χ0n) is 16.9. The molecule has 0 unspecified atom stereocenters.